The normalized spacial score (nSPS) is 17.0. The topological polar surface area (TPSA) is 42.5 Å². The van der Waals surface area contributed by atoms with E-state index in [-0.39, 0.29) is 6.29 Å². The molecule has 0 bridgehead atoms. The van der Waals surface area contributed by atoms with Gasteiger partial charge < -0.3 is 14.3 Å². The molecular weight excluding hydrogens is 631 g/mol. The van der Waals surface area contributed by atoms with E-state index in [9.17, 15) is 0 Å². The van der Waals surface area contributed by atoms with E-state index in [1.54, 1.807) is 0 Å². The van der Waals surface area contributed by atoms with E-state index in [2.05, 4.69) is 156 Å². The van der Waals surface area contributed by atoms with Gasteiger partial charge >= 0.3 is 0 Å². The number of benzene rings is 6. The number of hydrogen-bond acceptors (Lipinski definition) is 4. The number of aliphatic imine (C=N–C) groups is 1. The second-order valence-corrected chi connectivity index (χ2v) is 14.7. The molecule has 4 nitrogen and oxygen atoms in total. The molecule has 238 valence electrons. The first-order valence-electron chi connectivity index (χ1n) is 17.3. The Bertz CT molecular complexity index is 2900. The number of thiophene rings is 1. The van der Waals surface area contributed by atoms with Gasteiger partial charge in [0.15, 0.2) is 0 Å². The van der Waals surface area contributed by atoms with E-state index in [0.717, 1.165) is 56.2 Å². The van der Waals surface area contributed by atoms with Crippen LogP contribution in [0.1, 0.15) is 35.0 Å². The molecule has 2 atom stereocenters. The fourth-order valence-electron chi connectivity index (χ4n) is 8.16. The van der Waals surface area contributed by atoms with Crippen LogP contribution in [0.3, 0.4) is 0 Å². The summed E-state index contributed by atoms with van der Waals surface area (Å²) in [6, 6.07) is 46.0. The average molecular weight is 662 g/mol. The second-order valence-electron chi connectivity index (χ2n) is 13.6. The van der Waals surface area contributed by atoms with Crippen molar-refractivity contribution in [2.24, 2.45) is 10.9 Å². The Morgan fingerprint density at radius 3 is 2.42 bits per heavy atom. The van der Waals surface area contributed by atoms with Gasteiger partial charge in [-0.1, -0.05) is 122 Å². The van der Waals surface area contributed by atoms with E-state index >= 15 is 0 Å². The molecule has 1 aliphatic heterocycles. The summed E-state index contributed by atoms with van der Waals surface area (Å²) < 4.78 is 10.2. The molecule has 0 fully saturated rings. The predicted molar refractivity (Wildman–Crippen MR) is 211 cm³/mol. The molecule has 4 heterocycles. The first-order chi connectivity index (χ1) is 24.7. The van der Waals surface area contributed by atoms with Gasteiger partial charge in [-0.05, 0) is 46.5 Å². The zero-order chi connectivity index (χ0) is 32.9. The van der Waals surface area contributed by atoms with Crippen LogP contribution in [-0.2, 0) is 6.42 Å². The van der Waals surface area contributed by atoms with E-state index in [4.69, 9.17) is 9.41 Å². The van der Waals surface area contributed by atoms with Gasteiger partial charge in [-0.2, -0.15) is 0 Å². The SMILES string of the molecule is CC1C=Cc2c(oc3c(-c4ccc5c6c(sc5c4)C(c4ccccc4)=NC(n4c5ccccc5c5cc7ccccc7cc54)N6)cccc23)C1. The summed E-state index contributed by atoms with van der Waals surface area (Å²) in [7, 11) is 0. The Labute approximate surface area is 292 Å². The maximum absolute atomic E-state index is 6.59. The maximum atomic E-state index is 6.59. The predicted octanol–water partition coefficient (Wildman–Crippen LogP) is 12.2. The number of allylic oxidation sites excluding steroid dienone is 1. The Morgan fingerprint density at radius 2 is 1.52 bits per heavy atom. The fraction of sp³-hybridized carbons (Fsp3) is 0.0889. The minimum atomic E-state index is -0.336. The summed E-state index contributed by atoms with van der Waals surface area (Å²) in [5.41, 5.74) is 10.1. The number of aromatic nitrogens is 1. The van der Waals surface area contributed by atoms with Crippen LogP contribution in [0, 0.1) is 5.92 Å². The molecule has 2 unspecified atom stereocenters. The van der Waals surface area contributed by atoms with Crippen molar-refractivity contribution in [3.63, 3.8) is 0 Å². The summed E-state index contributed by atoms with van der Waals surface area (Å²) in [6.07, 6.45) is 5.13. The van der Waals surface area contributed by atoms with Crippen LogP contribution < -0.4 is 5.32 Å². The van der Waals surface area contributed by atoms with Crippen LogP contribution in [0.15, 0.2) is 143 Å². The Hall–Kier alpha value is -5.91. The van der Waals surface area contributed by atoms with Crippen molar-refractivity contribution < 1.29 is 4.42 Å². The molecule has 0 amide bonds. The third kappa shape index (κ3) is 4.07. The first-order valence-corrected chi connectivity index (χ1v) is 18.1. The molecule has 6 aromatic carbocycles. The van der Waals surface area contributed by atoms with Crippen LogP contribution in [0.5, 0.6) is 0 Å². The quantitative estimate of drug-likeness (QED) is 0.205. The lowest BCUT2D eigenvalue weighted by Crippen LogP contribution is -2.23. The molecule has 2 aliphatic rings. The van der Waals surface area contributed by atoms with Gasteiger partial charge in [0.25, 0.3) is 0 Å². The molecule has 0 saturated heterocycles. The largest absolute Gasteiger partial charge is 0.460 e. The van der Waals surface area contributed by atoms with Crippen molar-refractivity contribution in [3.05, 3.63) is 155 Å². The van der Waals surface area contributed by atoms with Gasteiger partial charge in [-0.15, -0.1) is 11.3 Å². The lowest BCUT2D eigenvalue weighted by Gasteiger charge is -2.26. The minimum Gasteiger partial charge on any atom is -0.460 e. The molecule has 1 aliphatic carbocycles. The zero-order valence-electron chi connectivity index (χ0n) is 27.4. The molecule has 5 heteroatoms. The molecule has 3 aromatic heterocycles. The first kappa shape index (κ1) is 28.0. The molecule has 0 saturated carbocycles. The van der Waals surface area contributed by atoms with Crippen molar-refractivity contribution in [2.75, 3.05) is 5.32 Å². The standard InChI is InChI=1S/C45H31N3OS/c1-26-18-20-33-34-16-9-15-31(43(34)49-39(33)22-26)30-19-21-35-40(25-30)50-44-41(27-10-3-2-4-11-27)46-45(47-42(35)44)48-37-17-8-7-14-32(37)36-23-28-12-5-6-13-29(28)24-38(36)48/h2-21,23-26,45,47H,22H2,1H3. The Morgan fingerprint density at radius 1 is 0.720 bits per heavy atom. The third-order valence-corrected chi connectivity index (χ3v) is 11.7. The smallest absolute Gasteiger partial charge is 0.201 e. The number of fused-ring (bicyclic) bond motifs is 10. The second kappa shape index (κ2) is 10.5. The average Bonchev–Trinajstić information content (AvgIpc) is 3.82. The highest BCUT2D eigenvalue weighted by atomic mass is 32.1. The zero-order valence-corrected chi connectivity index (χ0v) is 28.2. The van der Waals surface area contributed by atoms with Crippen LogP contribution >= 0.6 is 11.3 Å². The van der Waals surface area contributed by atoms with Gasteiger partial charge in [-0.3, -0.25) is 0 Å². The van der Waals surface area contributed by atoms with Gasteiger partial charge in [0.2, 0.25) is 6.29 Å². The van der Waals surface area contributed by atoms with E-state index < -0.39 is 0 Å². The molecule has 1 N–H and O–H groups in total. The van der Waals surface area contributed by atoms with E-state index in [1.807, 2.05) is 11.3 Å². The molecule has 11 rings (SSSR count). The molecule has 50 heavy (non-hydrogen) atoms. The number of nitrogens with one attached hydrogen (secondary N) is 1. The monoisotopic (exact) mass is 661 g/mol. The molecule has 9 aromatic rings. The highest BCUT2D eigenvalue weighted by molar-refractivity contribution is 7.22. The van der Waals surface area contributed by atoms with E-state index in [1.165, 1.54) is 48.1 Å². The summed E-state index contributed by atoms with van der Waals surface area (Å²) in [5, 5.41) is 11.3. The molecule has 0 radical (unpaired) electrons. The highest BCUT2D eigenvalue weighted by Gasteiger charge is 2.29. The van der Waals surface area contributed by atoms with Crippen LogP contribution in [0.4, 0.5) is 5.69 Å². The summed E-state index contributed by atoms with van der Waals surface area (Å²) >= 11 is 1.81. The van der Waals surface area contributed by atoms with Crippen LogP contribution in [0.2, 0.25) is 0 Å². The lowest BCUT2D eigenvalue weighted by molar-refractivity contribution is 0.514. The molecular formula is C45H31N3OS. The van der Waals surface area contributed by atoms with Gasteiger partial charge in [0.1, 0.15) is 11.3 Å². The van der Waals surface area contributed by atoms with Crippen molar-refractivity contribution in [3.8, 4) is 11.1 Å². The van der Waals surface area contributed by atoms with Crippen LogP contribution in [0.25, 0.3) is 70.8 Å². The van der Waals surface area contributed by atoms with Crippen molar-refractivity contribution in [1.82, 2.24) is 4.57 Å². The number of anilines is 1. The summed E-state index contributed by atoms with van der Waals surface area (Å²) in [5.74, 6) is 1.58. The minimum absolute atomic E-state index is 0.336. The fourth-order valence-corrected chi connectivity index (χ4v) is 9.38. The summed E-state index contributed by atoms with van der Waals surface area (Å²) in [4.78, 5) is 6.70. The van der Waals surface area contributed by atoms with Crippen molar-refractivity contribution >= 4 is 82.4 Å². The number of hydrogen-bond donors (Lipinski definition) is 1. The maximum Gasteiger partial charge on any atom is 0.201 e. The Kier molecular flexibility index (Phi) is 5.90. The van der Waals surface area contributed by atoms with Crippen molar-refractivity contribution in [1.29, 1.82) is 0 Å². The van der Waals surface area contributed by atoms with Crippen molar-refractivity contribution in [2.45, 2.75) is 19.6 Å². The lowest BCUT2D eigenvalue weighted by atomic mass is 9.94. The van der Waals surface area contributed by atoms with Crippen LogP contribution in [-0.4, -0.2) is 10.3 Å². The number of furan rings is 1. The molecule has 0 spiro atoms. The third-order valence-electron chi connectivity index (χ3n) is 10.5. The number of nitrogens with zero attached hydrogens (tertiary/aromatic N) is 2. The van der Waals surface area contributed by atoms with Gasteiger partial charge in [0.05, 0.1) is 27.3 Å². The highest BCUT2D eigenvalue weighted by Crippen LogP contribution is 2.46. The van der Waals surface area contributed by atoms with Gasteiger partial charge in [0, 0.05) is 49.4 Å². The number of para-hydroxylation sites is 2. The van der Waals surface area contributed by atoms with Gasteiger partial charge in [-0.25, -0.2) is 4.99 Å². The summed E-state index contributed by atoms with van der Waals surface area (Å²) in [6.45, 7) is 2.24. The van der Waals surface area contributed by atoms with E-state index in [0.29, 0.717) is 5.92 Å². The number of rotatable bonds is 3. The Balaban J connectivity index is 1.11.